The monoisotopic (exact) mass is 318 g/mol. The molecular weight excluding hydrogens is 292 g/mol. The zero-order valence-electron chi connectivity index (χ0n) is 13.9. The van der Waals surface area contributed by atoms with Crippen molar-refractivity contribution in [3.8, 4) is 0 Å². The fourth-order valence-corrected chi connectivity index (χ4v) is 2.80. The average Bonchev–Trinajstić information content (AvgIpc) is 2.53. The quantitative estimate of drug-likeness (QED) is 0.861. The first kappa shape index (κ1) is 17.5. The molecule has 2 N–H and O–H groups in total. The van der Waals surface area contributed by atoms with Gasteiger partial charge in [-0.2, -0.15) is 0 Å². The van der Waals surface area contributed by atoms with E-state index in [1.165, 1.54) is 0 Å². The molecule has 0 radical (unpaired) electrons. The summed E-state index contributed by atoms with van der Waals surface area (Å²) in [5.41, 5.74) is 0.932. The number of likely N-dealkylation sites (tertiary alicyclic amines) is 1. The fourth-order valence-electron chi connectivity index (χ4n) is 2.80. The second-order valence-electron chi connectivity index (χ2n) is 6.51. The van der Waals surface area contributed by atoms with Gasteiger partial charge in [0.15, 0.2) is 0 Å². The van der Waals surface area contributed by atoms with Crippen molar-refractivity contribution >= 4 is 11.8 Å². The Labute approximate surface area is 137 Å². The normalized spacial score (nSPS) is 17.1. The topological polar surface area (TPSA) is 69.6 Å². The largest absolute Gasteiger partial charge is 0.393 e. The molecule has 1 fully saturated rings. The van der Waals surface area contributed by atoms with Crippen LogP contribution in [0.5, 0.6) is 0 Å². The third kappa shape index (κ3) is 5.06. The number of nitrogens with zero attached hydrogens (tertiary/aromatic N) is 1. The number of hydrogen-bond acceptors (Lipinski definition) is 3. The zero-order chi connectivity index (χ0) is 16.8. The van der Waals surface area contributed by atoms with E-state index >= 15 is 0 Å². The highest BCUT2D eigenvalue weighted by molar-refractivity contribution is 5.88. The highest BCUT2D eigenvalue weighted by Gasteiger charge is 2.30. The molecule has 0 spiro atoms. The van der Waals surface area contributed by atoms with Crippen molar-refractivity contribution in [1.82, 2.24) is 10.2 Å². The first-order chi connectivity index (χ1) is 11.0. The van der Waals surface area contributed by atoms with Crippen molar-refractivity contribution in [2.45, 2.75) is 45.3 Å². The molecule has 1 unspecified atom stereocenters. The summed E-state index contributed by atoms with van der Waals surface area (Å²) in [6.45, 7) is 4.98. The Morgan fingerprint density at radius 1 is 1.22 bits per heavy atom. The van der Waals surface area contributed by atoms with Gasteiger partial charge >= 0.3 is 0 Å². The van der Waals surface area contributed by atoms with Crippen LogP contribution in [0.3, 0.4) is 0 Å². The van der Waals surface area contributed by atoms with E-state index in [0.29, 0.717) is 25.9 Å². The van der Waals surface area contributed by atoms with E-state index < -0.39 is 6.04 Å². The number of aliphatic hydroxyl groups excluding tert-OH is 1. The van der Waals surface area contributed by atoms with E-state index in [0.717, 1.165) is 5.56 Å². The number of piperidine rings is 1. The number of amides is 2. The molecule has 1 aliphatic heterocycles. The third-order valence-corrected chi connectivity index (χ3v) is 4.23. The molecule has 0 saturated carbocycles. The van der Waals surface area contributed by atoms with Crippen LogP contribution in [0.1, 0.15) is 32.3 Å². The van der Waals surface area contributed by atoms with Gasteiger partial charge < -0.3 is 15.3 Å². The summed E-state index contributed by atoms with van der Waals surface area (Å²) < 4.78 is 0. The molecular formula is C18H26N2O3. The lowest BCUT2D eigenvalue weighted by molar-refractivity contribution is -0.139. The van der Waals surface area contributed by atoms with E-state index in [1.54, 1.807) is 4.90 Å². The van der Waals surface area contributed by atoms with Crippen LogP contribution in [0.15, 0.2) is 30.3 Å². The summed E-state index contributed by atoms with van der Waals surface area (Å²) in [4.78, 5) is 26.7. The summed E-state index contributed by atoms with van der Waals surface area (Å²) in [7, 11) is 0. The maximum atomic E-state index is 12.7. The van der Waals surface area contributed by atoms with Gasteiger partial charge in [0.2, 0.25) is 11.8 Å². The van der Waals surface area contributed by atoms with Gasteiger partial charge in [-0.25, -0.2) is 0 Å². The number of nitrogens with one attached hydrogen (secondary N) is 1. The average molecular weight is 318 g/mol. The molecule has 1 aromatic carbocycles. The number of carbonyl (C=O) groups excluding carboxylic acids is 2. The zero-order valence-corrected chi connectivity index (χ0v) is 13.9. The Hall–Kier alpha value is -1.88. The highest BCUT2D eigenvalue weighted by atomic mass is 16.3. The minimum absolute atomic E-state index is 0.0223. The molecule has 1 aromatic rings. The Bertz CT molecular complexity index is 522. The fraction of sp³-hybridized carbons (Fsp3) is 0.556. The second-order valence-corrected chi connectivity index (χ2v) is 6.51. The van der Waals surface area contributed by atoms with Crippen LogP contribution < -0.4 is 5.32 Å². The molecule has 2 amide bonds. The molecule has 1 heterocycles. The van der Waals surface area contributed by atoms with Crippen LogP contribution in [0.25, 0.3) is 0 Å². The van der Waals surface area contributed by atoms with Gasteiger partial charge in [-0.05, 0) is 24.3 Å². The van der Waals surface area contributed by atoms with E-state index in [1.807, 2.05) is 44.2 Å². The molecule has 0 aromatic heterocycles. The van der Waals surface area contributed by atoms with Crippen LogP contribution in [-0.2, 0) is 16.0 Å². The van der Waals surface area contributed by atoms with Crippen molar-refractivity contribution in [2.24, 2.45) is 5.92 Å². The summed E-state index contributed by atoms with van der Waals surface area (Å²) in [6, 6.07) is 8.99. The van der Waals surface area contributed by atoms with Gasteiger partial charge in [-0.15, -0.1) is 0 Å². The summed E-state index contributed by atoms with van der Waals surface area (Å²) in [5.74, 6) is -0.164. The van der Waals surface area contributed by atoms with Gasteiger partial charge in [-0.1, -0.05) is 44.2 Å². The Kier molecular flexibility index (Phi) is 6.16. The Morgan fingerprint density at radius 2 is 1.83 bits per heavy atom. The lowest BCUT2D eigenvalue weighted by Crippen LogP contribution is -2.53. The van der Waals surface area contributed by atoms with Crippen LogP contribution in [0, 0.1) is 5.92 Å². The minimum atomic E-state index is -0.513. The van der Waals surface area contributed by atoms with Crippen molar-refractivity contribution in [2.75, 3.05) is 13.1 Å². The summed E-state index contributed by atoms with van der Waals surface area (Å²) in [5, 5.41) is 12.4. The number of carbonyl (C=O) groups is 2. The van der Waals surface area contributed by atoms with Gasteiger partial charge in [-0.3, -0.25) is 9.59 Å². The van der Waals surface area contributed by atoms with E-state index in [4.69, 9.17) is 0 Å². The molecule has 23 heavy (non-hydrogen) atoms. The third-order valence-electron chi connectivity index (χ3n) is 4.23. The van der Waals surface area contributed by atoms with Gasteiger partial charge in [0.05, 0.1) is 12.5 Å². The van der Waals surface area contributed by atoms with E-state index in [9.17, 15) is 14.7 Å². The van der Waals surface area contributed by atoms with Crippen molar-refractivity contribution in [3.05, 3.63) is 35.9 Å². The molecule has 0 aliphatic carbocycles. The van der Waals surface area contributed by atoms with Crippen molar-refractivity contribution in [1.29, 1.82) is 0 Å². The van der Waals surface area contributed by atoms with Crippen molar-refractivity contribution < 1.29 is 14.7 Å². The molecule has 126 valence electrons. The Balaban J connectivity index is 1.95. The maximum absolute atomic E-state index is 12.7. The van der Waals surface area contributed by atoms with Crippen LogP contribution in [0.2, 0.25) is 0 Å². The molecule has 5 heteroatoms. The van der Waals surface area contributed by atoms with Gasteiger partial charge in [0, 0.05) is 13.1 Å². The minimum Gasteiger partial charge on any atom is -0.393 e. The van der Waals surface area contributed by atoms with Gasteiger partial charge in [0.25, 0.3) is 0 Å². The highest BCUT2D eigenvalue weighted by Crippen LogP contribution is 2.14. The number of hydrogen-bond donors (Lipinski definition) is 2. The SMILES string of the molecule is CC(C)C(NC(=O)Cc1ccccc1)C(=O)N1CCC(O)CC1. The molecule has 2 rings (SSSR count). The smallest absolute Gasteiger partial charge is 0.245 e. The lowest BCUT2D eigenvalue weighted by atomic mass is 10.00. The van der Waals surface area contributed by atoms with Crippen LogP contribution in [-0.4, -0.2) is 47.1 Å². The maximum Gasteiger partial charge on any atom is 0.245 e. The van der Waals surface area contributed by atoms with Gasteiger partial charge in [0.1, 0.15) is 6.04 Å². The number of rotatable bonds is 5. The van der Waals surface area contributed by atoms with Crippen LogP contribution >= 0.6 is 0 Å². The second kappa shape index (κ2) is 8.11. The van der Waals surface area contributed by atoms with Crippen molar-refractivity contribution in [3.63, 3.8) is 0 Å². The lowest BCUT2D eigenvalue weighted by Gasteiger charge is -2.34. The standard InChI is InChI=1S/C18H26N2O3/c1-13(2)17(18(23)20-10-8-15(21)9-11-20)19-16(22)12-14-6-4-3-5-7-14/h3-7,13,15,17,21H,8-12H2,1-2H3,(H,19,22). The molecule has 0 bridgehead atoms. The molecule has 5 nitrogen and oxygen atoms in total. The Morgan fingerprint density at radius 3 is 2.39 bits per heavy atom. The molecule has 1 saturated heterocycles. The summed E-state index contributed by atoms with van der Waals surface area (Å²) >= 11 is 0. The number of aliphatic hydroxyl groups is 1. The van der Waals surface area contributed by atoms with E-state index in [-0.39, 0.29) is 30.3 Å². The first-order valence-corrected chi connectivity index (χ1v) is 8.27. The molecule has 1 atom stereocenters. The first-order valence-electron chi connectivity index (χ1n) is 8.27. The number of benzene rings is 1. The predicted octanol–water partition coefficient (Wildman–Crippen LogP) is 1.35. The summed E-state index contributed by atoms with van der Waals surface area (Å²) in [6.07, 6.45) is 1.17. The predicted molar refractivity (Wildman–Crippen MR) is 88.7 cm³/mol. The van der Waals surface area contributed by atoms with Crippen LogP contribution in [0.4, 0.5) is 0 Å². The van der Waals surface area contributed by atoms with E-state index in [2.05, 4.69) is 5.32 Å². The molecule has 1 aliphatic rings.